The molecular formula is C6H10N4. The van der Waals surface area contributed by atoms with Gasteiger partial charge in [-0.2, -0.15) is 0 Å². The van der Waals surface area contributed by atoms with Crippen LogP contribution in [0.25, 0.3) is 0 Å². The van der Waals surface area contributed by atoms with Crippen LogP contribution in [0.15, 0.2) is 6.20 Å². The number of hydrogen-bond acceptors (Lipinski definition) is 4. The minimum atomic E-state index is 0.688. The van der Waals surface area contributed by atoms with Gasteiger partial charge in [0.15, 0.2) is 0 Å². The van der Waals surface area contributed by atoms with Crippen molar-refractivity contribution < 1.29 is 0 Å². The molecule has 4 nitrogen and oxygen atoms in total. The maximum Gasteiger partial charge on any atom is 0.146 e. The van der Waals surface area contributed by atoms with Crippen LogP contribution in [0.5, 0.6) is 0 Å². The van der Waals surface area contributed by atoms with Crippen LogP contribution in [0.3, 0.4) is 0 Å². The van der Waals surface area contributed by atoms with Crippen LogP contribution in [-0.4, -0.2) is 9.97 Å². The van der Waals surface area contributed by atoms with E-state index in [1.807, 2.05) is 13.8 Å². The standard InChI is InChI=1S/C6H10N4/c1-4-3-8-5(2)9-6(4)10-7/h3H,7H2,1-2H3,(H,8,9,10). The van der Waals surface area contributed by atoms with Gasteiger partial charge in [-0.15, -0.1) is 0 Å². The Morgan fingerprint density at radius 2 is 2.20 bits per heavy atom. The van der Waals surface area contributed by atoms with Crippen LogP contribution in [0.1, 0.15) is 11.4 Å². The number of hydrogen-bond donors (Lipinski definition) is 2. The highest BCUT2D eigenvalue weighted by molar-refractivity contribution is 5.40. The van der Waals surface area contributed by atoms with Crippen LogP contribution in [0.2, 0.25) is 0 Å². The van der Waals surface area contributed by atoms with E-state index >= 15 is 0 Å². The maximum absolute atomic E-state index is 5.18. The zero-order chi connectivity index (χ0) is 7.56. The summed E-state index contributed by atoms with van der Waals surface area (Å²) < 4.78 is 0. The first-order valence-corrected chi connectivity index (χ1v) is 3.01. The molecule has 0 atom stereocenters. The summed E-state index contributed by atoms with van der Waals surface area (Å²) in [4.78, 5) is 8.02. The van der Waals surface area contributed by atoms with E-state index in [-0.39, 0.29) is 0 Å². The van der Waals surface area contributed by atoms with E-state index in [2.05, 4.69) is 15.4 Å². The predicted molar refractivity (Wildman–Crippen MR) is 39.3 cm³/mol. The first-order chi connectivity index (χ1) is 4.74. The van der Waals surface area contributed by atoms with Gasteiger partial charge in [-0.1, -0.05) is 0 Å². The molecule has 1 aromatic heterocycles. The molecule has 4 heteroatoms. The summed E-state index contributed by atoms with van der Waals surface area (Å²) in [5, 5.41) is 0. The van der Waals surface area contributed by atoms with Gasteiger partial charge in [-0.05, 0) is 13.8 Å². The zero-order valence-electron chi connectivity index (χ0n) is 6.05. The number of aromatic nitrogens is 2. The Hall–Kier alpha value is -1.16. The van der Waals surface area contributed by atoms with Crippen molar-refractivity contribution in [2.75, 3.05) is 5.43 Å². The van der Waals surface area contributed by atoms with Crippen LogP contribution in [-0.2, 0) is 0 Å². The second kappa shape index (κ2) is 2.62. The molecule has 0 aliphatic carbocycles. The summed E-state index contributed by atoms with van der Waals surface area (Å²) in [6.45, 7) is 3.72. The first kappa shape index (κ1) is 6.95. The topological polar surface area (TPSA) is 63.8 Å². The van der Waals surface area contributed by atoms with E-state index in [1.165, 1.54) is 0 Å². The number of nitrogens with zero attached hydrogens (tertiary/aromatic N) is 2. The average molecular weight is 138 g/mol. The van der Waals surface area contributed by atoms with Crippen molar-refractivity contribution in [2.45, 2.75) is 13.8 Å². The Bertz CT molecular complexity index is 233. The van der Waals surface area contributed by atoms with Crippen LogP contribution >= 0.6 is 0 Å². The van der Waals surface area contributed by atoms with Crippen molar-refractivity contribution in [2.24, 2.45) is 5.84 Å². The van der Waals surface area contributed by atoms with E-state index in [1.54, 1.807) is 6.20 Å². The second-order valence-electron chi connectivity index (χ2n) is 2.09. The van der Waals surface area contributed by atoms with E-state index in [0.29, 0.717) is 5.82 Å². The molecule has 54 valence electrons. The molecule has 0 unspecified atom stereocenters. The molecule has 1 aromatic rings. The number of nitrogens with one attached hydrogen (secondary N) is 1. The summed E-state index contributed by atoms with van der Waals surface area (Å²) in [6.07, 6.45) is 1.73. The summed E-state index contributed by atoms with van der Waals surface area (Å²) in [6, 6.07) is 0. The van der Waals surface area contributed by atoms with Gasteiger partial charge in [-0.25, -0.2) is 15.8 Å². The molecule has 1 rings (SSSR count). The largest absolute Gasteiger partial charge is 0.308 e. The second-order valence-corrected chi connectivity index (χ2v) is 2.09. The van der Waals surface area contributed by atoms with Crippen LogP contribution in [0, 0.1) is 13.8 Å². The molecule has 0 saturated heterocycles. The van der Waals surface area contributed by atoms with Gasteiger partial charge in [0.05, 0.1) is 0 Å². The smallest absolute Gasteiger partial charge is 0.146 e. The molecule has 0 fully saturated rings. The molecule has 0 spiro atoms. The number of rotatable bonds is 1. The number of hydrazine groups is 1. The van der Waals surface area contributed by atoms with E-state index in [0.717, 1.165) is 11.4 Å². The van der Waals surface area contributed by atoms with Crippen molar-refractivity contribution in [3.05, 3.63) is 17.6 Å². The van der Waals surface area contributed by atoms with Crippen LogP contribution < -0.4 is 11.3 Å². The number of aryl methyl sites for hydroxylation is 2. The van der Waals surface area contributed by atoms with Gasteiger partial charge >= 0.3 is 0 Å². The van der Waals surface area contributed by atoms with Crippen LogP contribution in [0.4, 0.5) is 5.82 Å². The van der Waals surface area contributed by atoms with E-state index in [4.69, 9.17) is 5.84 Å². The Morgan fingerprint density at radius 3 is 2.70 bits per heavy atom. The third-order valence-corrected chi connectivity index (χ3v) is 1.23. The van der Waals surface area contributed by atoms with E-state index in [9.17, 15) is 0 Å². The molecular weight excluding hydrogens is 128 g/mol. The van der Waals surface area contributed by atoms with E-state index < -0.39 is 0 Å². The summed E-state index contributed by atoms with van der Waals surface area (Å²) >= 11 is 0. The molecule has 0 bridgehead atoms. The Labute approximate surface area is 59.5 Å². The Kier molecular flexibility index (Phi) is 1.82. The fourth-order valence-corrected chi connectivity index (χ4v) is 0.676. The van der Waals surface area contributed by atoms with Gasteiger partial charge in [0.1, 0.15) is 11.6 Å². The molecule has 0 amide bonds. The number of nitrogens with two attached hydrogens (primary N) is 1. The van der Waals surface area contributed by atoms with Crippen molar-refractivity contribution in [1.82, 2.24) is 9.97 Å². The molecule has 1 heterocycles. The Balaban J connectivity index is 3.09. The predicted octanol–water partition coefficient (Wildman–Crippen LogP) is 0.379. The van der Waals surface area contributed by atoms with Crippen molar-refractivity contribution in [1.29, 1.82) is 0 Å². The average Bonchev–Trinajstić information content (AvgIpc) is 1.94. The van der Waals surface area contributed by atoms with Gasteiger partial charge < -0.3 is 5.43 Å². The highest BCUT2D eigenvalue weighted by Gasteiger charge is 1.96. The molecule has 0 aliphatic heterocycles. The quantitative estimate of drug-likeness (QED) is 0.435. The number of anilines is 1. The molecule has 3 N–H and O–H groups in total. The lowest BCUT2D eigenvalue weighted by Gasteiger charge is -2.01. The minimum Gasteiger partial charge on any atom is -0.308 e. The fourth-order valence-electron chi connectivity index (χ4n) is 0.676. The van der Waals surface area contributed by atoms with Crippen molar-refractivity contribution >= 4 is 5.82 Å². The third-order valence-electron chi connectivity index (χ3n) is 1.23. The molecule has 0 aliphatic rings. The summed E-state index contributed by atoms with van der Waals surface area (Å²) in [5.74, 6) is 6.59. The lowest BCUT2D eigenvalue weighted by molar-refractivity contribution is 1.02. The first-order valence-electron chi connectivity index (χ1n) is 3.01. The number of nitrogen functional groups attached to an aromatic ring is 1. The Morgan fingerprint density at radius 1 is 1.50 bits per heavy atom. The van der Waals surface area contributed by atoms with Crippen molar-refractivity contribution in [3.8, 4) is 0 Å². The minimum absolute atomic E-state index is 0.688. The lowest BCUT2D eigenvalue weighted by Crippen LogP contribution is -2.11. The lowest BCUT2D eigenvalue weighted by atomic mass is 10.3. The fraction of sp³-hybridized carbons (Fsp3) is 0.333. The molecule has 0 aromatic carbocycles. The SMILES string of the molecule is Cc1ncc(C)c(NN)n1. The summed E-state index contributed by atoms with van der Waals surface area (Å²) in [5.41, 5.74) is 3.44. The van der Waals surface area contributed by atoms with Gasteiger partial charge in [0, 0.05) is 11.8 Å². The van der Waals surface area contributed by atoms with Gasteiger partial charge in [0.2, 0.25) is 0 Å². The highest BCUT2D eigenvalue weighted by atomic mass is 15.3. The molecule has 0 radical (unpaired) electrons. The van der Waals surface area contributed by atoms with Crippen molar-refractivity contribution in [3.63, 3.8) is 0 Å². The van der Waals surface area contributed by atoms with Gasteiger partial charge in [-0.3, -0.25) is 0 Å². The molecule has 0 saturated carbocycles. The molecule has 10 heavy (non-hydrogen) atoms. The van der Waals surface area contributed by atoms with Gasteiger partial charge in [0.25, 0.3) is 0 Å². The zero-order valence-corrected chi connectivity index (χ0v) is 6.05. The monoisotopic (exact) mass is 138 g/mol. The summed E-state index contributed by atoms with van der Waals surface area (Å²) in [7, 11) is 0. The normalized spacial score (nSPS) is 9.50. The maximum atomic E-state index is 5.18. The highest BCUT2D eigenvalue weighted by Crippen LogP contribution is 2.06. The third kappa shape index (κ3) is 1.22.